The molecule has 0 saturated heterocycles. The van der Waals surface area contributed by atoms with E-state index >= 15 is 0 Å². The van der Waals surface area contributed by atoms with Gasteiger partial charge >= 0.3 is 6.09 Å². The standard InChI is InChI=1S/C11H13ClN4O2/c1-11(2,3)18-10(17)16-5-4-6-7(13)14-9(12)15-8(6)16/h4-5H,1-3H3,(H2,13,14,15). The number of fused-ring (bicyclic) bond motifs is 1. The maximum absolute atomic E-state index is 12.0. The van der Waals surface area contributed by atoms with Crippen LogP contribution < -0.4 is 5.73 Å². The van der Waals surface area contributed by atoms with Crippen molar-refractivity contribution in [3.05, 3.63) is 17.5 Å². The van der Waals surface area contributed by atoms with Gasteiger partial charge in [-0.25, -0.2) is 14.3 Å². The van der Waals surface area contributed by atoms with Crippen molar-refractivity contribution in [1.29, 1.82) is 0 Å². The number of anilines is 1. The lowest BCUT2D eigenvalue weighted by Crippen LogP contribution is -2.26. The molecule has 0 bridgehead atoms. The molecule has 2 heterocycles. The predicted octanol–water partition coefficient (Wildman–Crippen LogP) is 2.45. The lowest BCUT2D eigenvalue weighted by Gasteiger charge is -2.19. The van der Waals surface area contributed by atoms with E-state index in [9.17, 15) is 4.79 Å². The van der Waals surface area contributed by atoms with Gasteiger partial charge in [-0.3, -0.25) is 0 Å². The van der Waals surface area contributed by atoms with Crippen LogP contribution in [0.2, 0.25) is 5.28 Å². The second kappa shape index (κ2) is 4.13. The van der Waals surface area contributed by atoms with Crippen LogP contribution in [0.4, 0.5) is 10.6 Å². The van der Waals surface area contributed by atoms with Crippen LogP contribution in [0.25, 0.3) is 11.0 Å². The van der Waals surface area contributed by atoms with Crippen LogP contribution in [0.5, 0.6) is 0 Å². The van der Waals surface area contributed by atoms with E-state index in [2.05, 4.69) is 9.97 Å². The molecule has 0 unspecified atom stereocenters. The van der Waals surface area contributed by atoms with Gasteiger partial charge in [-0.1, -0.05) is 0 Å². The summed E-state index contributed by atoms with van der Waals surface area (Å²) in [5.41, 5.74) is 5.44. The first-order valence-corrected chi connectivity index (χ1v) is 5.69. The summed E-state index contributed by atoms with van der Waals surface area (Å²) in [6.07, 6.45) is 0.992. The van der Waals surface area contributed by atoms with E-state index in [1.165, 1.54) is 10.8 Å². The molecule has 0 aliphatic carbocycles. The van der Waals surface area contributed by atoms with Crippen molar-refractivity contribution in [1.82, 2.24) is 14.5 Å². The Morgan fingerprint density at radius 1 is 1.44 bits per heavy atom. The van der Waals surface area contributed by atoms with Crippen LogP contribution >= 0.6 is 11.6 Å². The molecular formula is C11H13ClN4O2. The van der Waals surface area contributed by atoms with Gasteiger partial charge in [-0.2, -0.15) is 4.98 Å². The highest BCUT2D eigenvalue weighted by atomic mass is 35.5. The van der Waals surface area contributed by atoms with Crippen molar-refractivity contribution in [3.63, 3.8) is 0 Å². The predicted molar refractivity (Wildman–Crippen MR) is 68.6 cm³/mol. The van der Waals surface area contributed by atoms with Gasteiger partial charge in [-0.05, 0) is 38.4 Å². The van der Waals surface area contributed by atoms with Crippen LogP contribution in [-0.2, 0) is 4.74 Å². The number of hydrogen-bond donors (Lipinski definition) is 1. The Labute approximate surface area is 109 Å². The zero-order chi connectivity index (χ0) is 13.5. The molecule has 0 spiro atoms. The van der Waals surface area contributed by atoms with Gasteiger partial charge in [0.2, 0.25) is 5.28 Å². The third-order valence-corrected chi connectivity index (χ3v) is 2.31. The van der Waals surface area contributed by atoms with Crippen molar-refractivity contribution in [2.45, 2.75) is 26.4 Å². The Hall–Kier alpha value is -1.82. The minimum Gasteiger partial charge on any atom is -0.443 e. The number of rotatable bonds is 0. The highest BCUT2D eigenvalue weighted by Crippen LogP contribution is 2.21. The third kappa shape index (κ3) is 2.38. The molecule has 0 saturated carbocycles. The fourth-order valence-electron chi connectivity index (χ4n) is 1.47. The Bertz CT molecular complexity index is 615. The van der Waals surface area contributed by atoms with Crippen LogP contribution in [0, 0.1) is 0 Å². The fraction of sp³-hybridized carbons (Fsp3) is 0.364. The molecule has 2 aromatic rings. The van der Waals surface area contributed by atoms with E-state index in [1.54, 1.807) is 26.8 Å². The van der Waals surface area contributed by atoms with Crippen molar-refractivity contribution >= 4 is 34.5 Å². The minimum atomic E-state index is -0.587. The Morgan fingerprint density at radius 3 is 2.72 bits per heavy atom. The number of carbonyl (C=O) groups is 1. The lowest BCUT2D eigenvalue weighted by molar-refractivity contribution is 0.0543. The van der Waals surface area contributed by atoms with Gasteiger partial charge in [0, 0.05) is 6.20 Å². The van der Waals surface area contributed by atoms with Crippen molar-refractivity contribution in [2.75, 3.05) is 5.73 Å². The number of nitrogen functional groups attached to an aromatic ring is 1. The van der Waals surface area contributed by atoms with E-state index in [0.29, 0.717) is 11.0 Å². The highest BCUT2D eigenvalue weighted by molar-refractivity contribution is 6.28. The van der Waals surface area contributed by atoms with Gasteiger partial charge in [0.25, 0.3) is 0 Å². The van der Waals surface area contributed by atoms with E-state index in [-0.39, 0.29) is 11.1 Å². The van der Waals surface area contributed by atoms with Gasteiger partial charge in [0.15, 0.2) is 5.65 Å². The van der Waals surface area contributed by atoms with E-state index in [4.69, 9.17) is 22.1 Å². The maximum Gasteiger partial charge on any atom is 0.420 e. The number of aromatic nitrogens is 3. The number of hydrogen-bond acceptors (Lipinski definition) is 5. The number of nitrogens with zero attached hydrogens (tertiary/aromatic N) is 3. The van der Waals surface area contributed by atoms with Gasteiger partial charge in [0.1, 0.15) is 11.4 Å². The van der Waals surface area contributed by atoms with E-state index in [1.807, 2.05) is 0 Å². The Kier molecular flexibility index (Phi) is 2.90. The molecule has 0 amide bonds. The second-order valence-corrected chi connectivity index (χ2v) is 5.12. The summed E-state index contributed by atoms with van der Waals surface area (Å²) in [5.74, 6) is 0.229. The number of carbonyl (C=O) groups excluding carboxylic acids is 1. The quantitative estimate of drug-likeness (QED) is 0.742. The lowest BCUT2D eigenvalue weighted by atomic mass is 10.2. The molecule has 0 aliphatic rings. The molecule has 0 fully saturated rings. The monoisotopic (exact) mass is 268 g/mol. The molecule has 18 heavy (non-hydrogen) atoms. The number of nitrogens with two attached hydrogens (primary N) is 1. The molecule has 6 nitrogen and oxygen atoms in total. The summed E-state index contributed by atoms with van der Waals surface area (Å²) < 4.78 is 6.50. The molecule has 96 valence electrons. The largest absolute Gasteiger partial charge is 0.443 e. The van der Waals surface area contributed by atoms with E-state index < -0.39 is 11.7 Å². The summed E-state index contributed by atoms with van der Waals surface area (Å²) in [5, 5.41) is 0.550. The first-order valence-electron chi connectivity index (χ1n) is 5.31. The van der Waals surface area contributed by atoms with Crippen LogP contribution in [0.15, 0.2) is 12.3 Å². The van der Waals surface area contributed by atoms with Crippen LogP contribution in [0.1, 0.15) is 20.8 Å². The zero-order valence-electron chi connectivity index (χ0n) is 10.3. The van der Waals surface area contributed by atoms with Crippen molar-refractivity contribution in [3.8, 4) is 0 Å². The average Bonchev–Trinajstić information content (AvgIpc) is 2.58. The normalized spacial score (nSPS) is 11.8. The summed E-state index contributed by atoms with van der Waals surface area (Å²) >= 11 is 5.72. The molecule has 2 rings (SSSR count). The topological polar surface area (TPSA) is 83.0 Å². The van der Waals surface area contributed by atoms with Gasteiger partial charge in [0.05, 0.1) is 5.39 Å². The zero-order valence-corrected chi connectivity index (χ0v) is 11.0. The van der Waals surface area contributed by atoms with Crippen molar-refractivity contribution in [2.24, 2.45) is 0 Å². The smallest absolute Gasteiger partial charge is 0.420 e. The Balaban J connectivity index is 2.49. The minimum absolute atomic E-state index is 0.0106. The number of halogens is 1. The fourth-order valence-corrected chi connectivity index (χ4v) is 1.64. The van der Waals surface area contributed by atoms with Crippen molar-refractivity contribution < 1.29 is 9.53 Å². The third-order valence-electron chi connectivity index (χ3n) is 2.14. The van der Waals surface area contributed by atoms with Gasteiger partial charge < -0.3 is 10.5 Å². The summed E-state index contributed by atoms with van der Waals surface area (Å²) in [6.45, 7) is 5.35. The van der Waals surface area contributed by atoms with Crippen LogP contribution in [-0.4, -0.2) is 26.2 Å². The molecule has 7 heteroatoms. The molecular weight excluding hydrogens is 256 g/mol. The number of ether oxygens (including phenoxy) is 1. The maximum atomic E-state index is 12.0. The molecule has 0 radical (unpaired) electrons. The summed E-state index contributed by atoms with van der Waals surface area (Å²) in [6, 6.07) is 1.64. The molecule has 0 aromatic carbocycles. The SMILES string of the molecule is CC(C)(C)OC(=O)n1ccc2c(N)nc(Cl)nc21. The summed E-state index contributed by atoms with van der Waals surface area (Å²) in [7, 11) is 0. The molecule has 0 atom stereocenters. The molecule has 2 aromatic heterocycles. The first-order chi connectivity index (χ1) is 8.28. The first kappa shape index (κ1) is 12.6. The van der Waals surface area contributed by atoms with E-state index in [0.717, 1.165) is 0 Å². The molecule has 0 aliphatic heterocycles. The summed E-state index contributed by atoms with van der Waals surface area (Å²) in [4.78, 5) is 19.8. The second-order valence-electron chi connectivity index (χ2n) is 4.78. The molecule has 2 N–H and O–H groups in total. The van der Waals surface area contributed by atoms with Gasteiger partial charge in [-0.15, -0.1) is 0 Å². The average molecular weight is 269 g/mol. The Morgan fingerprint density at radius 2 is 2.11 bits per heavy atom. The van der Waals surface area contributed by atoms with Crippen LogP contribution in [0.3, 0.4) is 0 Å². The highest BCUT2D eigenvalue weighted by Gasteiger charge is 2.20.